The average molecular weight is 347 g/mol. The maximum Gasteiger partial charge on any atom is 0.0701 e. The van der Waals surface area contributed by atoms with Gasteiger partial charge < -0.3 is 10.2 Å². The third kappa shape index (κ3) is 8.79. The van der Waals surface area contributed by atoms with Gasteiger partial charge in [0, 0.05) is 12.1 Å². The van der Waals surface area contributed by atoms with Crippen molar-refractivity contribution < 1.29 is 0 Å². The second kappa shape index (κ2) is 8.40. The lowest BCUT2D eigenvalue weighted by molar-refractivity contribution is 0.315. The lowest BCUT2D eigenvalue weighted by Crippen LogP contribution is -2.36. The van der Waals surface area contributed by atoms with Gasteiger partial charge in [-0.05, 0) is 86.7 Å². The number of hydrogen-bond donors (Lipinski definition) is 1. The minimum Gasteiger partial charge on any atom is -0.312 e. The molecule has 1 N–H and O–H groups in total. The molecule has 1 aromatic rings. The SMILES string of the molecule is CN(CCCCCNC(C)(C)C)Cc1csc(Br)c1. The van der Waals surface area contributed by atoms with E-state index in [-0.39, 0.29) is 5.54 Å². The molecule has 19 heavy (non-hydrogen) atoms. The van der Waals surface area contributed by atoms with Crippen LogP contribution in [0.4, 0.5) is 0 Å². The van der Waals surface area contributed by atoms with E-state index in [9.17, 15) is 0 Å². The molecule has 0 amide bonds. The Labute approximate surface area is 130 Å². The third-order valence-electron chi connectivity index (χ3n) is 2.95. The van der Waals surface area contributed by atoms with Crippen LogP contribution in [-0.4, -0.2) is 30.6 Å². The molecule has 0 bridgehead atoms. The predicted octanol–water partition coefficient (Wildman–Crippen LogP) is 4.50. The zero-order chi connectivity index (χ0) is 14.3. The van der Waals surface area contributed by atoms with Crippen LogP contribution in [0.3, 0.4) is 0 Å². The standard InChI is InChI=1S/C15H27BrN2S/c1-15(2,3)17-8-6-5-7-9-18(4)11-13-10-14(16)19-12-13/h10,12,17H,5-9,11H2,1-4H3. The Balaban J connectivity index is 2.03. The Morgan fingerprint density at radius 1 is 1.26 bits per heavy atom. The molecule has 0 aliphatic rings. The molecule has 2 nitrogen and oxygen atoms in total. The molecule has 1 aromatic heterocycles. The van der Waals surface area contributed by atoms with Crippen molar-refractivity contribution >= 4 is 27.3 Å². The summed E-state index contributed by atoms with van der Waals surface area (Å²) in [5, 5.41) is 5.77. The molecule has 0 spiro atoms. The fourth-order valence-corrected chi connectivity index (χ4v) is 3.17. The molecule has 0 radical (unpaired) electrons. The molecule has 1 rings (SSSR count). The Kier molecular flexibility index (Phi) is 7.58. The molecule has 4 heteroatoms. The number of nitrogens with one attached hydrogen (secondary N) is 1. The van der Waals surface area contributed by atoms with E-state index in [0.29, 0.717) is 0 Å². The zero-order valence-corrected chi connectivity index (χ0v) is 15.0. The second-order valence-corrected chi connectivity index (χ2v) is 8.52. The summed E-state index contributed by atoms with van der Waals surface area (Å²) in [5.74, 6) is 0. The molecular weight excluding hydrogens is 320 g/mol. The van der Waals surface area contributed by atoms with Crippen LogP contribution < -0.4 is 5.32 Å². The highest BCUT2D eigenvalue weighted by molar-refractivity contribution is 9.11. The molecular formula is C15H27BrN2S. The highest BCUT2D eigenvalue weighted by atomic mass is 79.9. The summed E-state index contributed by atoms with van der Waals surface area (Å²) in [6, 6.07) is 2.22. The summed E-state index contributed by atoms with van der Waals surface area (Å²) in [6.45, 7) is 10.0. The van der Waals surface area contributed by atoms with Gasteiger partial charge in [0.25, 0.3) is 0 Å². The molecule has 0 aliphatic carbocycles. The maximum absolute atomic E-state index is 3.54. The third-order valence-corrected chi connectivity index (χ3v) is 4.50. The van der Waals surface area contributed by atoms with Crippen molar-refractivity contribution in [3.8, 4) is 0 Å². The highest BCUT2D eigenvalue weighted by Gasteiger charge is 2.07. The summed E-state index contributed by atoms with van der Waals surface area (Å²) in [4.78, 5) is 2.41. The minimum atomic E-state index is 0.253. The average Bonchev–Trinajstić information content (AvgIpc) is 2.67. The van der Waals surface area contributed by atoms with Crippen molar-refractivity contribution in [2.45, 2.75) is 52.1 Å². The number of unbranched alkanes of at least 4 members (excludes halogenated alkanes) is 2. The van der Waals surface area contributed by atoms with Crippen LogP contribution in [0.25, 0.3) is 0 Å². The number of rotatable bonds is 8. The van der Waals surface area contributed by atoms with Crippen LogP contribution in [0, 0.1) is 0 Å². The molecule has 0 unspecified atom stereocenters. The van der Waals surface area contributed by atoms with Gasteiger partial charge in [0.15, 0.2) is 0 Å². The monoisotopic (exact) mass is 346 g/mol. The van der Waals surface area contributed by atoms with Gasteiger partial charge in [-0.1, -0.05) is 6.42 Å². The smallest absolute Gasteiger partial charge is 0.0701 e. The molecule has 110 valence electrons. The van der Waals surface area contributed by atoms with Gasteiger partial charge in [-0.25, -0.2) is 0 Å². The lowest BCUT2D eigenvalue weighted by Gasteiger charge is -2.20. The Hall–Kier alpha value is 0.100. The van der Waals surface area contributed by atoms with E-state index in [1.54, 1.807) is 11.3 Å². The summed E-state index contributed by atoms with van der Waals surface area (Å²) < 4.78 is 1.23. The number of thiophene rings is 1. The van der Waals surface area contributed by atoms with Crippen molar-refractivity contribution in [3.63, 3.8) is 0 Å². The first-order valence-electron chi connectivity index (χ1n) is 7.03. The van der Waals surface area contributed by atoms with Gasteiger partial charge in [0.2, 0.25) is 0 Å². The Bertz CT molecular complexity index is 357. The molecule has 1 heterocycles. The van der Waals surface area contributed by atoms with Gasteiger partial charge in [-0.3, -0.25) is 0 Å². The fourth-order valence-electron chi connectivity index (χ4n) is 1.97. The van der Waals surface area contributed by atoms with E-state index in [4.69, 9.17) is 0 Å². The number of halogens is 1. The molecule has 0 atom stereocenters. The largest absolute Gasteiger partial charge is 0.312 e. The van der Waals surface area contributed by atoms with E-state index in [1.807, 2.05) is 0 Å². The van der Waals surface area contributed by atoms with Crippen molar-refractivity contribution in [2.75, 3.05) is 20.1 Å². The van der Waals surface area contributed by atoms with Crippen LogP contribution in [0.15, 0.2) is 15.2 Å². The quantitative estimate of drug-likeness (QED) is 0.697. The van der Waals surface area contributed by atoms with E-state index in [1.165, 1.54) is 35.2 Å². The van der Waals surface area contributed by atoms with E-state index in [0.717, 1.165) is 13.1 Å². The maximum atomic E-state index is 3.54. The van der Waals surface area contributed by atoms with E-state index < -0.39 is 0 Å². The second-order valence-electron chi connectivity index (χ2n) is 6.23. The first-order valence-corrected chi connectivity index (χ1v) is 8.70. The summed E-state index contributed by atoms with van der Waals surface area (Å²) >= 11 is 5.28. The summed E-state index contributed by atoms with van der Waals surface area (Å²) in [7, 11) is 2.21. The molecule has 0 aliphatic heterocycles. The van der Waals surface area contributed by atoms with Crippen LogP contribution >= 0.6 is 27.3 Å². The van der Waals surface area contributed by atoms with E-state index in [2.05, 4.69) is 65.4 Å². The van der Waals surface area contributed by atoms with Gasteiger partial charge >= 0.3 is 0 Å². The van der Waals surface area contributed by atoms with Crippen LogP contribution in [0.5, 0.6) is 0 Å². The minimum absolute atomic E-state index is 0.253. The molecule has 0 aromatic carbocycles. The first kappa shape index (κ1) is 17.2. The van der Waals surface area contributed by atoms with E-state index >= 15 is 0 Å². The number of nitrogens with zero attached hydrogens (tertiary/aromatic N) is 1. The van der Waals surface area contributed by atoms with Crippen molar-refractivity contribution in [3.05, 3.63) is 20.8 Å². The van der Waals surface area contributed by atoms with Crippen molar-refractivity contribution in [1.29, 1.82) is 0 Å². The van der Waals surface area contributed by atoms with Gasteiger partial charge in [0.1, 0.15) is 0 Å². The fraction of sp³-hybridized carbons (Fsp3) is 0.733. The predicted molar refractivity (Wildman–Crippen MR) is 90.0 cm³/mol. The Morgan fingerprint density at radius 3 is 2.58 bits per heavy atom. The normalized spacial score (nSPS) is 12.3. The Morgan fingerprint density at radius 2 is 2.00 bits per heavy atom. The summed E-state index contributed by atoms with van der Waals surface area (Å²) in [5.41, 5.74) is 1.66. The zero-order valence-electron chi connectivity index (χ0n) is 12.6. The molecule has 0 fully saturated rings. The van der Waals surface area contributed by atoms with Crippen molar-refractivity contribution in [2.24, 2.45) is 0 Å². The summed E-state index contributed by atoms with van der Waals surface area (Å²) in [6.07, 6.45) is 3.86. The van der Waals surface area contributed by atoms with Crippen LogP contribution in [-0.2, 0) is 6.54 Å². The van der Waals surface area contributed by atoms with Crippen molar-refractivity contribution in [1.82, 2.24) is 10.2 Å². The van der Waals surface area contributed by atoms with Gasteiger partial charge in [-0.15, -0.1) is 11.3 Å². The highest BCUT2D eigenvalue weighted by Crippen LogP contribution is 2.21. The van der Waals surface area contributed by atoms with Crippen LogP contribution in [0.2, 0.25) is 0 Å². The van der Waals surface area contributed by atoms with Gasteiger partial charge in [-0.2, -0.15) is 0 Å². The lowest BCUT2D eigenvalue weighted by atomic mass is 10.1. The molecule has 0 saturated heterocycles. The number of hydrogen-bond acceptors (Lipinski definition) is 3. The first-order chi connectivity index (χ1) is 8.87. The van der Waals surface area contributed by atoms with Gasteiger partial charge in [0.05, 0.1) is 3.79 Å². The topological polar surface area (TPSA) is 15.3 Å². The molecule has 0 saturated carbocycles. The van der Waals surface area contributed by atoms with Crippen LogP contribution in [0.1, 0.15) is 45.6 Å².